The van der Waals surface area contributed by atoms with Crippen LogP contribution in [-0.2, 0) is 10.0 Å². The van der Waals surface area contributed by atoms with Gasteiger partial charge in [0.2, 0.25) is 0 Å². The lowest BCUT2D eigenvalue weighted by atomic mass is 10.2. The predicted octanol–water partition coefficient (Wildman–Crippen LogP) is 3.28. The van der Waals surface area contributed by atoms with E-state index in [-0.39, 0.29) is 9.37 Å². The molecule has 0 saturated heterocycles. The Bertz CT molecular complexity index is 763. The Morgan fingerprint density at radius 2 is 1.95 bits per heavy atom. The van der Waals surface area contributed by atoms with Crippen LogP contribution in [0.2, 0.25) is 0 Å². The van der Waals surface area contributed by atoms with E-state index in [4.69, 9.17) is 5.73 Å². The van der Waals surface area contributed by atoms with E-state index in [9.17, 15) is 12.8 Å². The first-order chi connectivity index (χ1) is 9.31. The normalized spacial score (nSPS) is 11.3. The van der Waals surface area contributed by atoms with Gasteiger partial charge >= 0.3 is 0 Å². The number of rotatable bonds is 3. The molecule has 2 aromatic rings. The van der Waals surface area contributed by atoms with Crippen LogP contribution in [0.1, 0.15) is 5.56 Å². The summed E-state index contributed by atoms with van der Waals surface area (Å²) in [4.78, 5) is -0.153. The zero-order valence-corrected chi connectivity index (χ0v) is 12.9. The third kappa shape index (κ3) is 2.94. The van der Waals surface area contributed by atoms with E-state index in [1.807, 2.05) is 0 Å². The fraction of sp³-hybridized carbons (Fsp3) is 0.0769. The average molecular weight is 359 g/mol. The van der Waals surface area contributed by atoms with Crippen molar-refractivity contribution < 1.29 is 12.8 Å². The van der Waals surface area contributed by atoms with Gasteiger partial charge in [-0.3, -0.25) is 4.72 Å². The van der Waals surface area contributed by atoms with Crippen molar-refractivity contribution in [1.82, 2.24) is 0 Å². The summed E-state index contributed by atoms with van der Waals surface area (Å²) in [6, 6.07) is 8.52. The Balaban J connectivity index is 2.41. The molecule has 0 amide bonds. The number of halogens is 2. The Morgan fingerprint density at radius 1 is 1.25 bits per heavy atom. The van der Waals surface area contributed by atoms with Gasteiger partial charge in [-0.1, -0.05) is 6.07 Å². The number of nitrogen functional groups attached to an aromatic ring is 1. The zero-order chi connectivity index (χ0) is 14.9. The van der Waals surface area contributed by atoms with E-state index < -0.39 is 15.8 Å². The second-order valence-electron chi connectivity index (χ2n) is 4.20. The Hall–Kier alpha value is -1.60. The molecule has 2 aromatic carbocycles. The molecule has 0 heterocycles. The molecule has 0 aliphatic carbocycles. The fourth-order valence-electron chi connectivity index (χ4n) is 1.61. The predicted molar refractivity (Wildman–Crippen MR) is 80.5 cm³/mol. The molecule has 20 heavy (non-hydrogen) atoms. The minimum absolute atomic E-state index is 0.153. The van der Waals surface area contributed by atoms with Crippen LogP contribution in [0.4, 0.5) is 15.8 Å². The number of hydrogen-bond donors (Lipinski definition) is 2. The van der Waals surface area contributed by atoms with Crippen molar-refractivity contribution in [3.05, 3.63) is 52.3 Å². The van der Waals surface area contributed by atoms with Crippen molar-refractivity contribution in [3.63, 3.8) is 0 Å². The smallest absolute Gasteiger partial charge is 0.262 e. The zero-order valence-electron chi connectivity index (χ0n) is 10.5. The summed E-state index contributed by atoms with van der Waals surface area (Å²) in [6.07, 6.45) is 0. The second kappa shape index (κ2) is 5.41. The van der Waals surface area contributed by atoms with Crippen molar-refractivity contribution in [1.29, 1.82) is 0 Å². The maximum Gasteiger partial charge on any atom is 0.262 e. The van der Waals surface area contributed by atoms with Crippen molar-refractivity contribution in [2.75, 3.05) is 10.5 Å². The maximum atomic E-state index is 13.4. The number of benzene rings is 2. The van der Waals surface area contributed by atoms with Gasteiger partial charge in [-0.15, -0.1) is 0 Å². The molecule has 0 unspecified atom stereocenters. The molecular weight excluding hydrogens is 347 g/mol. The maximum absolute atomic E-state index is 13.4. The van der Waals surface area contributed by atoms with E-state index >= 15 is 0 Å². The Morgan fingerprint density at radius 3 is 2.60 bits per heavy atom. The molecule has 0 aliphatic rings. The highest BCUT2D eigenvalue weighted by atomic mass is 79.9. The van der Waals surface area contributed by atoms with Gasteiger partial charge in [0.05, 0.1) is 15.1 Å². The Labute approximate surface area is 125 Å². The third-order valence-electron chi connectivity index (χ3n) is 2.82. The van der Waals surface area contributed by atoms with E-state index in [2.05, 4.69) is 20.7 Å². The van der Waals surface area contributed by atoms with Crippen LogP contribution in [0.25, 0.3) is 0 Å². The second-order valence-corrected chi connectivity index (χ2v) is 6.74. The van der Waals surface area contributed by atoms with E-state index in [1.165, 1.54) is 12.1 Å². The minimum Gasteiger partial charge on any atom is -0.398 e. The van der Waals surface area contributed by atoms with Gasteiger partial charge in [-0.05, 0) is 58.7 Å². The van der Waals surface area contributed by atoms with Gasteiger partial charge in [0.25, 0.3) is 10.0 Å². The van der Waals surface area contributed by atoms with Crippen molar-refractivity contribution in [2.24, 2.45) is 0 Å². The van der Waals surface area contributed by atoms with Crippen molar-refractivity contribution in [3.8, 4) is 0 Å². The largest absolute Gasteiger partial charge is 0.398 e. The molecule has 0 aliphatic heterocycles. The Kier molecular flexibility index (Phi) is 4.01. The first-order valence-electron chi connectivity index (χ1n) is 5.64. The molecule has 7 heteroatoms. The van der Waals surface area contributed by atoms with Crippen LogP contribution in [0, 0.1) is 12.7 Å². The number of sulfonamides is 1. The summed E-state index contributed by atoms with van der Waals surface area (Å²) in [6.45, 7) is 1.70. The van der Waals surface area contributed by atoms with Gasteiger partial charge in [-0.25, -0.2) is 12.8 Å². The summed E-state index contributed by atoms with van der Waals surface area (Å²) in [7, 11) is -3.86. The summed E-state index contributed by atoms with van der Waals surface area (Å²) in [5, 5.41) is 0. The standard InChI is InChI=1S/C13H12BrFN2O2S/c1-8-12(16)3-2-4-13(8)17-20(18,19)9-5-6-10(14)11(15)7-9/h2-7,17H,16H2,1H3. The molecule has 0 saturated carbocycles. The van der Waals surface area contributed by atoms with Crippen LogP contribution in [-0.4, -0.2) is 8.42 Å². The minimum atomic E-state index is -3.86. The number of nitrogens with two attached hydrogens (primary N) is 1. The van der Waals surface area contributed by atoms with Crippen LogP contribution in [0.5, 0.6) is 0 Å². The van der Waals surface area contributed by atoms with Crippen LogP contribution < -0.4 is 10.5 Å². The lowest BCUT2D eigenvalue weighted by Gasteiger charge is -2.12. The average Bonchev–Trinajstić information content (AvgIpc) is 2.38. The monoisotopic (exact) mass is 358 g/mol. The van der Waals surface area contributed by atoms with Crippen LogP contribution in [0.3, 0.4) is 0 Å². The molecule has 0 aromatic heterocycles. The molecule has 0 atom stereocenters. The molecule has 106 valence electrons. The van der Waals surface area contributed by atoms with Gasteiger partial charge in [0.1, 0.15) is 5.82 Å². The highest BCUT2D eigenvalue weighted by molar-refractivity contribution is 9.10. The molecule has 4 nitrogen and oxygen atoms in total. The summed E-state index contributed by atoms with van der Waals surface area (Å²) >= 11 is 2.98. The van der Waals surface area contributed by atoms with E-state index in [0.29, 0.717) is 16.9 Å². The molecule has 0 spiro atoms. The van der Waals surface area contributed by atoms with E-state index in [0.717, 1.165) is 6.07 Å². The number of nitrogens with one attached hydrogen (secondary N) is 1. The summed E-state index contributed by atoms with van der Waals surface area (Å²) in [5.41, 5.74) is 7.19. The van der Waals surface area contributed by atoms with Gasteiger partial charge < -0.3 is 5.73 Å². The number of anilines is 2. The molecule has 0 bridgehead atoms. The van der Waals surface area contributed by atoms with Crippen molar-refractivity contribution >= 4 is 37.3 Å². The molecule has 3 N–H and O–H groups in total. The first kappa shape index (κ1) is 14.8. The lowest BCUT2D eigenvalue weighted by Crippen LogP contribution is -2.14. The lowest BCUT2D eigenvalue weighted by molar-refractivity contribution is 0.593. The summed E-state index contributed by atoms with van der Waals surface area (Å²) < 4.78 is 40.4. The van der Waals surface area contributed by atoms with Gasteiger partial charge in [0, 0.05) is 5.69 Å². The third-order valence-corrected chi connectivity index (χ3v) is 4.83. The fourth-order valence-corrected chi connectivity index (χ4v) is 2.99. The van der Waals surface area contributed by atoms with Gasteiger partial charge in [0.15, 0.2) is 0 Å². The highest BCUT2D eigenvalue weighted by Gasteiger charge is 2.17. The van der Waals surface area contributed by atoms with Crippen molar-refractivity contribution in [2.45, 2.75) is 11.8 Å². The SMILES string of the molecule is Cc1c(N)cccc1NS(=O)(=O)c1ccc(Br)c(F)c1. The van der Waals surface area contributed by atoms with Gasteiger partial charge in [-0.2, -0.15) is 0 Å². The van der Waals surface area contributed by atoms with Crippen LogP contribution >= 0.6 is 15.9 Å². The quantitative estimate of drug-likeness (QED) is 0.827. The molecule has 2 rings (SSSR count). The highest BCUT2D eigenvalue weighted by Crippen LogP contribution is 2.25. The molecular formula is C13H12BrFN2O2S. The molecule has 0 fully saturated rings. The first-order valence-corrected chi connectivity index (χ1v) is 7.92. The van der Waals surface area contributed by atoms with E-state index in [1.54, 1.807) is 25.1 Å². The molecule has 0 radical (unpaired) electrons. The van der Waals surface area contributed by atoms with Crippen LogP contribution in [0.15, 0.2) is 45.8 Å². The number of hydrogen-bond acceptors (Lipinski definition) is 3. The topological polar surface area (TPSA) is 72.2 Å². The summed E-state index contributed by atoms with van der Waals surface area (Å²) in [5.74, 6) is -0.642.